The van der Waals surface area contributed by atoms with Crippen molar-refractivity contribution in [3.63, 3.8) is 0 Å². The Bertz CT molecular complexity index is 62.2. The minimum atomic E-state index is -5.39. The standard InChI is InChI=1S/FH.Na.H3O4P.Ti/c;;1-5(2,3)4;/h1H;;(H3,1,2,3,4);/q;+1;;+4/p-3. The first-order valence-corrected chi connectivity index (χ1v) is 2.19. The molecule has 0 aliphatic carbocycles. The summed E-state index contributed by atoms with van der Waals surface area (Å²) in [7, 11) is -5.39. The molecule has 0 aliphatic heterocycles. The van der Waals surface area contributed by atoms with Crippen LogP contribution in [-0.4, -0.2) is 0 Å². The van der Waals surface area contributed by atoms with Gasteiger partial charge < -0.3 is 19.2 Å². The second-order valence-electron chi connectivity index (χ2n) is 0.447. The number of hydrogen-bond donors (Lipinski definition) is 0. The maximum absolute atomic E-state index is 8.55. The van der Waals surface area contributed by atoms with Crippen LogP contribution in [0.2, 0.25) is 0 Å². The van der Waals surface area contributed by atoms with Crippen LogP contribution in [0.5, 0.6) is 0 Å². The zero-order chi connectivity index (χ0) is 4.50. The Labute approximate surface area is 82.5 Å². The molecule has 0 atom stereocenters. The van der Waals surface area contributed by atoms with Crippen molar-refractivity contribution < 1.29 is 75.2 Å². The monoisotopic (exact) mass is 186 g/mol. The van der Waals surface area contributed by atoms with Gasteiger partial charge in [-0.05, 0) is 0 Å². The summed E-state index contributed by atoms with van der Waals surface area (Å²) >= 11 is 0. The average molecular weight is 186 g/mol. The van der Waals surface area contributed by atoms with Crippen molar-refractivity contribution in [2.24, 2.45) is 0 Å². The fourth-order valence-electron chi connectivity index (χ4n) is 0. The maximum atomic E-state index is 8.55. The molecule has 8 heavy (non-hydrogen) atoms. The quantitative estimate of drug-likeness (QED) is 0.278. The summed E-state index contributed by atoms with van der Waals surface area (Å²) in [5.74, 6) is 0. The van der Waals surface area contributed by atoms with Crippen molar-refractivity contribution in [3.8, 4) is 0 Å². The molecule has 0 aromatic rings. The third-order valence-corrected chi connectivity index (χ3v) is 0. The zero-order valence-electron chi connectivity index (χ0n) is 3.99. The first kappa shape index (κ1) is 22.6. The molecule has 0 N–H and O–H groups in total. The Morgan fingerprint density at radius 1 is 1.12 bits per heavy atom. The average Bonchev–Trinajstić information content (AvgIpc) is 0.722. The van der Waals surface area contributed by atoms with Gasteiger partial charge in [-0.25, -0.2) is 0 Å². The SMILES string of the molecule is F.O=P([O-])([O-])[O-].[Na+].[Ti+4]. The maximum Gasteiger partial charge on any atom is 4.00 e. The van der Waals surface area contributed by atoms with E-state index < -0.39 is 7.82 Å². The summed E-state index contributed by atoms with van der Waals surface area (Å²) in [5.41, 5.74) is 0. The topological polar surface area (TPSA) is 86.2 Å². The molecule has 0 spiro atoms. The summed E-state index contributed by atoms with van der Waals surface area (Å²) in [4.78, 5) is 25.6. The minimum absolute atomic E-state index is 0. The summed E-state index contributed by atoms with van der Waals surface area (Å²) in [6.07, 6.45) is 0. The van der Waals surface area contributed by atoms with Crippen molar-refractivity contribution in [1.82, 2.24) is 0 Å². The van der Waals surface area contributed by atoms with Gasteiger partial charge in [0.1, 0.15) is 0 Å². The van der Waals surface area contributed by atoms with Crippen molar-refractivity contribution in [3.05, 3.63) is 0 Å². The Morgan fingerprint density at radius 3 is 1.12 bits per heavy atom. The third kappa shape index (κ3) is 115. The number of halogens is 1. The normalized spacial score (nSPS) is 7.38. The predicted octanol–water partition coefficient (Wildman–Crippen LogP) is -5.67. The molecule has 0 saturated heterocycles. The Hall–Kier alpha value is 1.75. The van der Waals surface area contributed by atoms with Gasteiger partial charge in [-0.2, -0.15) is 7.82 Å². The smallest absolute Gasteiger partial charge is 0.822 e. The third-order valence-electron chi connectivity index (χ3n) is 0. The second kappa shape index (κ2) is 8.75. The molecule has 0 heterocycles. The van der Waals surface area contributed by atoms with Crippen LogP contribution < -0.4 is 44.2 Å². The molecule has 8 heteroatoms. The van der Waals surface area contributed by atoms with E-state index in [4.69, 9.17) is 19.2 Å². The Balaban J connectivity index is -0.0000000267. The van der Waals surface area contributed by atoms with Crippen molar-refractivity contribution in [2.75, 3.05) is 0 Å². The number of hydrogen-bond acceptors (Lipinski definition) is 4. The molecule has 0 radical (unpaired) electrons. The van der Waals surface area contributed by atoms with E-state index in [1.807, 2.05) is 0 Å². The first-order valence-electron chi connectivity index (χ1n) is 0.730. The largest absolute Gasteiger partial charge is 4.00 e. The molecule has 0 aromatic heterocycles. The van der Waals surface area contributed by atoms with E-state index in [9.17, 15) is 0 Å². The molecule has 0 amide bonds. The van der Waals surface area contributed by atoms with E-state index in [-0.39, 0.29) is 56.0 Å². The van der Waals surface area contributed by atoms with Gasteiger partial charge in [-0.3, -0.25) is 4.70 Å². The molecule has 4 nitrogen and oxygen atoms in total. The number of rotatable bonds is 0. The molecule has 0 bridgehead atoms. The van der Waals surface area contributed by atoms with Gasteiger partial charge in [-0.1, -0.05) is 0 Å². The van der Waals surface area contributed by atoms with Gasteiger partial charge in [-0.15, -0.1) is 0 Å². The molecular weight excluding hydrogens is 185 g/mol. The molecule has 40 valence electrons. The van der Waals surface area contributed by atoms with Crippen LogP contribution in [0.15, 0.2) is 0 Å². The summed E-state index contributed by atoms with van der Waals surface area (Å²) < 4.78 is 8.55. The van der Waals surface area contributed by atoms with E-state index in [0.29, 0.717) is 0 Å². The van der Waals surface area contributed by atoms with Crippen LogP contribution in [0.1, 0.15) is 0 Å². The van der Waals surface area contributed by atoms with E-state index in [2.05, 4.69) is 0 Å². The van der Waals surface area contributed by atoms with Crippen LogP contribution in [0.4, 0.5) is 4.70 Å². The van der Waals surface area contributed by atoms with Crippen LogP contribution in [0.3, 0.4) is 0 Å². The molecule has 0 saturated carbocycles. The van der Waals surface area contributed by atoms with Gasteiger partial charge in [0.15, 0.2) is 0 Å². The van der Waals surface area contributed by atoms with Crippen LogP contribution in [0.25, 0.3) is 0 Å². The van der Waals surface area contributed by atoms with Gasteiger partial charge in [0.25, 0.3) is 0 Å². The van der Waals surface area contributed by atoms with Crippen molar-refractivity contribution >= 4 is 7.82 Å². The molecule has 0 aliphatic rings. The van der Waals surface area contributed by atoms with E-state index in [1.54, 1.807) is 0 Å². The number of phosphoric acid groups is 1. The second-order valence-corrected chi connectivity index (χ2v) is 1.34. The van der Waals surface area contributed by atoms with E-state index in [0.717, 1.165) is 0 Å². The summed E-state index contributed by atoms with van der Waals surface area (Å²) in [5, 5.41) is 0. The van der Waals surface area contributed by atoms with Crippen molar-refractivity contribution in [2.45, 2.75) is 0 Å². The molecule has 0 fully saturated rings. The zero-order valence-corrected chi connectivity index (χ0v) is 8.44. The molecular formula is HFNaO4PTi+2. The van der Waals surface area contributed by atoms with E-state index >= 15 is 0 Å². The van der Waals surface area contributed by atoms with Gasteiger partial charge in [0, 0.05) is 0 Å². The van der Waals surface area contributed by atoms with Crippen LogP contribution >= 0.6 is 7.82 Å². The van der Waals surface area contributed by atoms with E-state index in [1.165, 1.54) is 0 Å². The fraction of sp³-hybridized carbons (Fsp3) is 0. The first-order chi connectivity index (χ1) is 2.00. The van der Waals surface area contributed by atoms with Gasteiger partial charge in [0.2, 0.25) is 0 Å². The molecule has 0 aromatic carbocycles. The fourth-order valence-corrected chi connectivity index (χ4v) is 0. The Kier molecular flexibility index (Phi) is 24.7. The van der Waals surface area contributed by atoms with Crippen LogP contribution in [0, 0.1) is 0 Å². The summed E-state index contributed by atoms with van der Waals surface area (Å²) in [6.45, 7) is 0. The minimum Gasteiger partial charge on any atom is -0.822 e. The van der Waals surface area contributed by atoms with Gasteiger partial charge in [0.05, 0.1) is 0 Å². The van der Waals surface area contributed by atoms with Gasteiger partial charge >= 0.3 is 51.3 Å². The van der Waals surface area contributed by atoms with Crippen molar-refractivity contribution in [1.29, 1.82) is 0 Å². The predicted molar refractivity (Wildman–Crippen MR) is 10.1 cm³/mol. The summed E-state index contributed by atoms with van der Waals surface area (Å²) in [6, 6.07) is 0. The molecule has 0 unspecified atom stereocenters. The molecule has 0 rings (SSSR count). The Morgan fingerprint density at radius 2 is 1.12 bits per heavy atom. The van der Waals surface area contributed by atoms with Crippen LogP contribution in [-0.2, 0) is 26.3 Å².